The van der Waals surface area contributed by atoms with Gasteiger partial charge in [-0.2, -0.15) is 0 Å². The number of amides is 1. The molecule has 1 aliphatic rings. The smallest absolute Gasteiger partial charge is 0.237 e. The SMILES string of the molecule is C[C@H]1Cc2ccccc2N1C(=O)CSc1nnc2ccccn12. The Morgan fingerprint density at radius 3 is 2.96 bits per heavy atom. The highest BCUT2D eigenvalue weighted by Gasteiger charge is 2.30. The molecule has 1 aliphatic heterocycles. The molecule has 1 atom stereocenters. The summed E-state index contributed by atoms with van der Waals surface area (Å²) >= 11 is 1.43. The Hall–Kier alpha value is -2.34. The minimum Gasteiger partial charge on any atom is -0.308 e. The van der Waals surface area contributed by atoms with Crippen molar-refractivity contribution in [2.75, 3.05) is 10.7 Å². The van der Waals surface area contributed by atoms with E-state index in [1.54, 1.807) is 0 Å². The Labute approximate surface area is 138 Å². The molecule has 5 nitrogen and oxygen atoms in total. The molecule has 0 spiro atoms. The number of hydrogen-bond donors (Lipinski definition) is 0. The lowest BCUT2D eigenvalue weighted by molar-refractivity contribution is -0.116. The van der Waals surface area contributed by atoms with Crippen LogP contribution in [0.1, 0.15) is 12.5 Å². The topological polar surface area (TPSA) is 50.5 Å². The van der Waals surface area contributed by atoms with Crippen LogP contribution in [-0.2, 0) is 11.2 Å². The van der Waals surface area contributed by atoms with Crippen molar-refractivity contribution >= 4 is 29.0 Å². The van der Waals surface area contributed by atoms with Crippen molar-refractivity contribution < 1.29 is 4.79 Å². The van der Waals surface area contributed by atoms with Gasteiger partial charge in [0.2, 0.25) is 5.91 Å². The van der Waals surface area contributed by atoms with E-state index in [1.165, 1.54) is 17.3 Å². The zero-order valence-corrected chi connectivity index (χ0v) is 13.5. The van der Waals surface area contributed by atoms with Crippen LogP contribution in [-0.4, -0.2) is 32.3 Å². The predicted octanol–water partition coefficient (Wildman–Crippen LogP) is 2.80. The Balaban J connectivity index is 1.52. The molecule has 23 heavy (non-hydrogen) atoms. The zero-order valence-electron chi connectivity index (χ0n) is 12.7. The molecular weight excluding hydrogens is 308 g/mol. The standard InChI is InChI=1S/C17H16N4OS/c1-12-10-13-6-2-3-7-14(13)21(12)16(22)11-23-17-19-18-15-8-4-5-9-20(15)17/h2-9,12H,10-11H2,1H3/t12-/m0/s1. The number of benzene rings is 1. The molecule has 1 aromatic carbocycles. The highest BCUT2D eigenvalue weighted by atomic mass is 32.2. The molecule has 3 heterocycles. The fraction of sp³-hybridized carbons (Fsp3) is 0.235. The third kappa shape index (κ3) is 2.49. The number of carbonyl (C=O) groups is 1. The second-order valence-corrected chi connectivity index (χ2v) is 6.59. The van der Waals surface area contributed by atoms with E-state index < -0.39 is 0 Å². The van der Waals surface area contributed by atoms with Gasteiger partial charge in [0.05, 0.1) is 5.75 Å². The summed E-state index contributed by atoms with van der Waals surface area (Å²) < 4.78 is 1.90. The normalized spacial score (nSPS) is 16.7. The maximum absolute atomic E-state index is 12.7. The third-order valence-electron chi connectivity index (χ3n) is 4.08. The molecule has 0 fully saturated rings. The van der Waals surface area contributed by atoms with E-state index in [0.717, 1.165) is 22.9 Å². The number of carbonyl (C=O) groups excluding carboxylic acids is 1. The molecule has 116 valence electrons. The van der Waals surface area contributed by atoms with Gasteiger partial charge in [-0.1, -0.05) is 36.0 Å². The second kappa shape index (κ2) is 5.70. The zero-order chi connectivity index (χ0) is 15.8. The third-order valence-corrected chi connectivity index (χ3v) is 5.01. The van der Waals surface area contributed by atoms with Crippen LogP contribution >= 0.6 is 11.8 Å². The van der Waals surface area contributed by atoms with Gasteiger partial charge in [-0.05, 0) is 37.1 Å². The summed E-state index contributed by atoms with van der Waals surface area (Å²) in [6.45, 7) is 2.09. The van der Waals surface area contributed by atoms with Gasteiger partial charge in [0.15, 0.2) is 10.8 Å². The molecule has 0 saturated carbocycles. The molecule has 0 bridgehead atoms. The molecular formula is C17H16N4OS. The number of anilines is 1. The molecule has 1 amide bonds. The number of pyridine rings is 1. The molecule has 0 aliphatic carbocycles. The summed E-state index contributed by atoms with van der Waals surface area (Å²) in [7, 11) is 0. The average molecular weight is 324 g/mol. The van der Waals surface area contributed by atoms with Crippen LogP contribution in [0.4, 0.5) is 5.69 Å². The van der Waals surface area contributed by atoms with Crippen LogP contribution in [0.3, 0.4) is 0 Å². The summed E-state index contributed by atoms with van der Waals surface area (Å²) in [5.74, 6) is 0.467. The van der Waals surface area contributed by atoms with Crippen molar-refractivity contribution in [2.45, 2.75) is 24.5 Å². The van der Waals surface area contributed by atoms with E-state index in [0.29, 0.717) is 5.75 Å². The van der Waals surface area contributed by atoms with E-state index in [9.17, 15) is 4.79 Å². The number of hydrogen-bond acceptors (Lipinski definition) is 4. The van der Waals surface area contributed by atoms with Gasteiger partial charge in [-0.15, -0.1) is 10.2 Å². The van der Waals surface area contributed by atoms with Crippen LogP contribution < -0.4 is 4.90 Å². The number of fused-ring (bicyclic) bond motifs is 2. The highest BCUT2D eigenvalue weighted by molar-refractivity contribution is 7.99. The molecule has 3 aromatic rings. The van der Waals surface area contributed by atoms with Gasteiger partial charge in [-0.3, -0.25) is 9.20 Å². The van der Waals surface area contributed by atoms with Crippen molar-refractivity contribution in [1.29, 1.82) is 0 Å². The second-order valence-electron chi connectivity index (χ2n) is 5.65. The molecule has 6 heteroatoms. The Bertz CT molecular complexity index is 876. The van der Waals surface area contributed by atoms with Crippen molar-refractivity contribution in [3.63, 3.8) is 0 Å². The van der Waals surface area contributed by atoms with Crippen LogP contribution in [0.2, 0.25) is 0 Å². The molecule has 0 unspecified atom stereocenters. The number of aromatic nitrogens is 3. The first-order valence-corrected chi connectivity index (χ1v) is 8.55. The Kier molecular flexibility index (Phi) is 3.53. The van der Waals surface area contributed by atoms with Gasteiger partial charge in [0.1, 0.15) is 0 Å². The largest absolute Gasteiger partial charge is 0.308 e. The summed E-state index contributed by atoms with van der Waals surface area (Å²) in [4.78, 5) is 14.6. The van der Waals surface area contributed by atoms with Gasteiger partial charge in [0, 0.05) is 17.9 Å². The van der Waals surface area contributed by atoms with Gasteiger partial charge < -0.3 is 4.90 Å². The molecule has 0 saturated heterocycles. The average Bonchev–Trinajstić information content (AvgIpc) is 3.12. The minimum absolute atomic E-state index is 0.111. The van der Waals surface area contributed by atoms with E-state index in [-0.39, 0.29) is 11.9 Å². The highest BCUT2D eigenvalue weighted by Crippen LogP contribution is 2.32. The van der Waals surface area contributed by atoms with Crippen LogP contribution in [0.15, 0.2) is 53.8 Å². The minimum atomic E-state index is 0.111. The molecule has 4 rings (SSSR count). The fourth-order valence-corrected chi connectivity index (χ4v) is 3.84. The Morgan fingerprint density at radius 1 is 1.22 bits per heavy atom. The van der Waals surface area contributed by atoms with E-state index in [1.807, 2.05) is 51.9 Å². The van der Waals surface area contributed by atoms with Gasteiger partial charge in [0.25, 0.3) is 0 Å². The first-order valence-electron chi connectivity index (χ1n) is 7.56. The number of thioether (sulfide) groups is 1. The summed E-state index contributed by atoms with van der Waals surface area (Å²) in [5, 5.41) is 9.02. The molecule has 0 radical (unpaired) electrons. The van der Waals surface area contributed by atoms with Crippen molar-refractivity contribution in [3.05, 3.63) is 54.2 Å². The first kappa shape index (κ1) is 14.3. The first-order chi connectivity index (χ1) is 11.2. The summed E-state index contributed by atoms with van der Waals surface area (Å²) in [6.07, 6.45) is 2.83. The monoisotopic (exact) mass is 324 g/mol. The van der Waals surface area contributed by atoms with Gasteiger partial charge >= 0.3 is 0 Å². The van der Waals surface area contributed by atoms with Crippen molar-refractivity contribution in [3.8, 4) is 0 Å². The van der Waals surface area contributed by atoms with Gasteiger partial charge in [-0.25, -0.2) is 0 Å². The van der Waals surface area contributed by atoms with Crippen molar-refractivity contribution in [2.24, 2.45) is 0 Å². The van der Waals surface area contributed by atoms with Crippen LogP contribution in [0, 0.1) is 0 Å². The van der Waals surface area contributed by atoms with Crippen LogP contribution in [0.5, 0.6) is 0 Å². The maximum atomic E-state index is 12.7. The number of para-hydroxylation sites is 1. The number of nitrogens with zero attached hydrogens (tertiary/aromatic N) is 4. The lowest BCUT2D eigenvalue weighted by Gasteiger charge is -2.22. The summed E-state index contributed by atoms with van der Waals surface area (Å²) in [6, 6.07) is 14.1. The maximum Gasteiger partial charge on any atom is 0.237 e. The Morgan fingerprint density at radius 2 is 2.04 bits per heavy atom. The fourth-order valence-electron chi connectivity index (χ4n) is 3.06. The van der Waals surface area contributed by atoms with Crippen molar-refractivity contribution in [1.82, 2.24) is 14.6 Å². The molecule has 2 aromatic heterocycles. The lowest BCUT2D eigenvalue weighted by atomic mass is 10.1. The summed E-state index contributed by atoms with van der Waals surface area (Å²) in [5.41, 5.74) is 3.07. The van der Waals surface area contributed by atoms with Crippen LogP contribution in [0.25, 0.3) is 5.65 Å². The lowest BCUT2D eigenvalue weighted by Crippen LogP contribution is -2.37. The predicted molar refractivity (Wildman–Crippen MR) is 90.8 cm³/mol. The quantitative estimate of drug-likeness (QED) is 0.695. The number of rotatable bonds is 3. The molecule has 0 N–H and O–H groups in total. The van der Waals surface area contributed by atoms with E-state index in [4.69, 9.17) is 0 Å². The van der Waals surface area contributed by atoms with E-state index >= 15 is 0 Å². The van der Waals surface area contributed by atoms with E-state index in [2.05, 4.69) is 23.2 Å².